The molecular formula is C38H26Cl2N4O5. The number of nitrogens with zero attached hydrogens (tertiary/aromatic N) is 4. The van der Waals surface area contributed by atoms with Crippen LogP contribution >= 0.6 is 23.2 Å². The summed E-state index contributed by atoms with van der Waals surface area (Å²) in [5.74, 6) is 0.551. The van der Waals surface area contributed by atoms with Crippen LogP contribution in [-0.4, -0.2) is 33.3 Å². The van der Waals surface area contributed by atoms with Crippen LogP contribution in [0.1, 0.15) is 23.6 Å². The lowest BCUT2D eigenvalue weighted by Crippen LogP contribution is -2.42. The molecule has 0 radical (unpaired) electrons. The Morgan fingerprint density at radius 1 is 0.939 bits per heavy atom. The van der Waals surface area contributed by atoms with Gasteiger partial charge in [0, 0.05) is 38.5 Å². The van der Waals surface area contributed by atoms with E-state index in [1.807, 2.05) is 72.9 Å². The fourth-order valence-corrected chi connectivity index (χ4v) is 6.05. The van der Waals surface area contributed by atoms with E-state index in [2.05, 4.69) is 0 Å². The number of nitriles is 1. The van der Waals surface area contributed by atoms with Gasteiger partial charge in [-0.3, -0.25) is 14.5 Å². The molecule has 2 amide bonds. The van der Waals surface area contributed by atoms with Crippen LogP contribution < -0.4 is 14.2 Å². The molecule has 0 N–H and O–H groups in total. The van der Waals surface area contributed by atoms with E-state index in [0.29, 0.717) is 49.7 Å². The van der Waals surface area contributed by atoms with E-state index in [1.165, 1.54) is 0 Å². The molecule has 0 aliphatic carbocycles. The zero-order valence-electron chi connectivity index (χ0n) is 26.0. The summed E-state index contributed by atoms with van der Waals surface area (Å²) < 4.78 is 18.6. The maximum Gasteiger partial charge on any atom is 0.271 e. The maximum atomic E-state index is 14.0. The number of ether oxygens (including phenoxy) is 3. The summed E-state index contributed by atoms with van der Waals surface area (Å²) in [6.07, 6.45) is 3.50. The van der Waals surface area contributed by atoms with Gasteiger partial charge in [-0.05, 0) is 84.8 Å². The average molecular weight is 690 g/mol. The molecule has 4 aromatic carbocycles. The molecule has 0 atom stereocenters. The van der Waals surface area contributed by atoms with E-state index in [0.717, 1.165) is 21.7 Å². The van der Waals surface area contributed by atoms with Crippen LogP contribution in [0.3, 0.4) is 0 Å². The van der Waals surface area contributed by atoms with Crippen LogP contribution in [0.5, 0.6) is 17.2 Å². The number of benzene rings is 4. The van der Waals surface area contributed by atoms with Crippen molar-refractivity contribution in [2.75, 3.05) is 6.79 Å². The molecule has 2 aliphatic rings. The van der Waals surface area contributed by atoms with Gasteiger partial charge in [-0.15, -0.1) is 0 Å². The number of halogens is 2. The normalized spacial score (nSPS) is 14.8. The van der Waals surface area contributed by atoms with Gasteiger partial charge in [0.15, 0.2) is 11.5 Å². The molecule has 0 spiro atoms. The first-order valence-electron chi connectivity index (χ1n) is 15.2. The van der Waals surface area contributed by atoms with E-state index < -0.39 is 11.8 Å². The minimum Gasteiger partial charge on any atom is -0.489 e. The zero-order chi connectivity index (χ0) is 34.1. The number of aromatic nitrogens is 2. The Morgan fingerprint density at radius 2 is 1.71 bits per heavy atom. The summed E-state index contributed by atoms with van der Waals surface area (Å²) in [5.41, 5.74) is 4.63. The highest BCUT2D eigenvalue weighted by atomic mass is 35.5. The van der Waals surface area contributed by atoms with Crippen molar-refractivity contribution in [3.05, 3.63) is 141 Å². The predicted molar refractivity (Wildman–Crippen MR) is 184 cm³/mol. The van der Waals surface area contributed by atoms with Crippen molar-refractivity contribution >= 4 is 41.1 Å². The summed E-state index contributed by atoms with van der Waals surface area (Å²) in [5, 5.41) is 15.9. The topological polar surface area (TPSA) is 107 Å². The van der Waals surface area contributed by atoms with Crippen LogP contribution in [-0.2, 0) is 22.7 Å². The molecule has 0 saturated carbocycles. The molecule has 49 heavy (non-hydrogen) atoms. The van der Waals surface area contributed by atoms with Gasteiger partial charge in [-0.25, -0.2) is 4.68 Å². The summed E-state index contributed by atoms with van der Waals surface area (Å²) in [6.45, 7) is 1.91. The van der Waals surface area contributed by atoms with E-state index >= 15 is 0 Å². The first-order chi connectivity index (χ1) is 23.8. The molecule has 0 bridgehead atoms. The van der Waals surface area contributed by atoms with Crippen molar-refractivity contribution < 1.29 is 23.8 Å². The Labute approximate surface area is 291 Å². The van der Waals surface area contributed by atoms with E-state index in [4.69, 9.17) is 42.5 Å². The smallest absolute Gasteiger partial charge is 0.271 e. The lowest BCUT2D eigenvalue weighted by atomic mass is 9.93. The van der Waals surface area contributed by atoms with Gasteiger partial charge in [0.2, 0.25) is 6.79 Å². The summed E-state index contributed by atoms with van der Waals surface area (Å²) in [6, 6.07) is 29.4. The molecule has 0 unspecified atom stereocenters. The van der Waals surface area contributed by atoms with Crippen LogP contribution in [0.15, 0.2) is 114 Å². The van der Waals surface area contributed by atoms with Gasteiger partial charge < -0.3 is 14.2 Å². The number of para-hydroxylation sites is 1. The number of hydrogen-bond donors (Lipinski definition) is 0. The van der Waals surface area contributed by atoms with Gasteiger partial charge >= 0.3 is 0 Å². The number of carbonyl (C=O) groups is 2. The number of amides is 2. The SMILES string of the molecule is CC1=C(C#N)C(=O)N(Cc2ccc3c(c2)OCO3)C(=O)/C1=C/c1cn(-c2ccccc2)nc1-c1ccc(OCc2ccc(Cl)cc2Cl)cc1. The maximum absolute atomic E-state index is 14.0. The number of imide groups is 1. The minimum absolute atomic E-state index is 0.0526. The molecule has 2 aliphatic heterocycles. The summed E-state index contributed by atoms with van der Waals surface area (Å²) in [4.78, 5) is 28.5. The van der Waals surface area contributed by atoms with Gasteiger partial charge in [0.25, 0.3) is 11.8 Å². The summed E-state index contributed by atoms with van der Waals surface area (Å²) >= 11 is 12.3. The molecule has 5 aromatic rings. The minimum atomic E-state index is -0.657. The number of carbonyl (C=O) groups excluding carboxylic acids is 2. The lowest BCUT2D eigenvalue weighted by molar-refractivity contribution is -0.141. The van der Waals surface area contributed by atoms with Crippen LogP contribution in [0.25, 0.3) is 23.0 Å². The van der Waals surface area contributed by atoms with Gasteiger partial charge in [-0.2, -0.15) is 10.4 Å². The van der Waals surface area contributed by atoms with E-state index in [1.54, 1.807) is 48.0 Å². The van der Waals surface area contributed by atoms with E-state index in [9.17, 15) is 14.9 Å². The largest absolute Gasteiger partial charge is 0.489 e. The number of rotatable bonds is 8. The third-order valence-electron chi connectivity index (χ3n) is 8.20. The fraction of sp³-hybridized carbons (Fsp3) is 0.105. The fourth-order valence-electron chi connectivity index (χ4n) is 5.59. The van der Waals surface area contributed by atoms with Crippen molar-refractivity contribution in [1.82, 2.24) is 14.7 Å². The van der Waals surface area contributed by atoms with Crippen molar-refractivity contribution in [1.29, 1.82) is 5.26 Å². The number of fused-ring (bicyclic) bond motifs is 1. The molecule has 242 valence electrons. The van der Waals surface area contributed by atoms with Crippen LogP contribution in [0.2, 0.25) is 10.0 Å². The second-order valence-corrected chi connectivity index (χ2v) is 12.2. The van der Waals surface area contributed by atoms with Crippen LogP contribution in [0, 0.1) is 11.3 Å². The monoisotopic (exact) mass is 688 g/mol. The third-order valence-corrected chi connectivity index (χ3v) is 8.79. The van der Waals surface area contributed by atoms with Crippen molar-refractivity contribution in [2.24, 2.45) is 0 Å². The Balaban J connectivity index is 1.24. The molecule has 11 heteroatoms. The lowest BCUT2D eigenvalue weighted by Gasteiger charge is -2.27. The highest BCUT2D eigenvalue weighted by Gasteiger charge is 2.36. The highest BCUT2D eigenvalue weighted by Crippen LogP contribution is 2.35. The second kappa shape index (κ2) is 13.4. The predicted octanol–water partition coefficient (Wildman–Crippen LogP) is 7.95. The Bertz CT molecular complexity index is 2220. The Morgan fingerprint density at radius 3 is 2.47 bits per heavy atom. The quantitative estimate of drug-likeness (QED) is 0.120. The second-order valence-electron chi connectivity index (χ2n) is 11.3. The molecule has 0 fully saturated rings. The first-order valence-corrected chi connectivity index (χ1v) is 15.9. The number of hydrogen-bond acceptors (Lipinski definition) is 7. The molecule has 9 nitrogen and oxygen atoms in total. The van der Waals surface area contributed by atoms with Gasteiger partial charge in [0.05, 0.1) is 17.9 Å². The molecule has 0 saturated heterocycles. The molecular weight excluding hydrogens is 663 g/mol. The Hall–Kier alpha value is -5.82. The summed E-state index contributed by atoms with van der Waals surface area (Å²) in [7, 11) is 0. The highest BCUT2D eigenvalue weighted by molar-refractivity contribution is 6.35. The standard InChI is InChI=1S/C38H26Cl2N4O5/c1-23-31(37(45)43(38(46)32(23)18-41)19-24-7-14-34-35(15-24)49-22-48-34)16-27-20-44(29-5-3-2-4-6-29)42-36(27)25-9-12-30(13-10-25)47-21-26-8-11-28(39)17-33(26)40/h2-17,20H,19,21-22H2,1H3/b31-16+. The first kappa shape index (κ1) is 31.8. The van der Waals surface area contributed by atoms with Crippen molar-refractivity contribution in [3.8, 4) is 40.3 Å². The molecule has 3 heterocycles. The van der Waals surface area contributed by atoms with Crippen molar-refractivity contribution in [2.45, 2.75) is 20.1 Å². The van der Waals surface area contributed by atoms with Crippen molar-refractivity contribution in [3.63, 3.8) is 0 Å². The molecule has 1 aromatic heterocycles. The Kier molecular flexibility index (Phi) is 8.66. The zero-order valence-corrected chi connectivity index (χ0v) is 27.5. The van der Waals surface area contributed by atoms with Crippen LogP contribution in [0.4, 0.5) is 0 Å². The third kappa shape index (κ3) is 6.40. The van der Waals surface area contributed by atoms with Gasteiger partial charge in [0.1, 0.15) is 24.0 Å². The average Bonchev–Trinajstić information content (AvgIpc) is 3.76. The van der Waals surface area contributed by atoms with Gasteiger partial charge in [-0.1, -0.05) is 53.5 Å². The van der Waals surface area contributed by atoms with E-state index in [-0.39, 0.29) is 31.1 Å². The molecule has 7 rings (SSSR count).